The zero-order valence-electron chi connectivity index (χ0n) is 7.84. The summed E-state index contributed by atoms with van der Waals surface area (Å²) in [5.74, 6) is 0.700. The van der Waals surface area contributed by atoms with Gasteiger partial charge >= 0.3 is 0 Å². The SMILES string of the molecule is CCC(C)CC(CCO)OC. The number of hydrogen-bond donors (Lipinski definition) is 1. The molecule has 68 valence electrons. The quantitative estimate of drug-likeness (QED) is 0.642. The summed E-state index contributed by atoms with van der Waals surface area (Å²) in [6.45, 7) is 4.62. The fraction of sp³-hybridized carbons (Fsp3) is 1.00. The Morgan fingerprint density at radius 1 is 1.45 bits per heavy atom. The summed E-state index contributed by atoms with van der Waals surface area (Å²) in [5, 5.41) is 8.67. The normalized spacial score (nSPS) is 16.4. The standard InChI is InChI=1S/C9H20O2/c1-4-8(2)7-9(11-3)5-6-10/h8-10H,4-7H2,1-3H3. The van der Waals surface area contributed by atoms with E-state index in [0.717, 1.165) is 12.8 Å². The van der Waals surface area contributed by atoms with Gasteiger partial charge < -0.3 is 9.84 Å². The molecule has 0 radical (unpaired) electrons. The largest absolute Gasteiger partial charge is 0.396 e. The Morgan fingerprint density at radius 3 is 2.45 bits per heavy atom. The zero-order chi connectivity index (χ0) is 8.69. The van der Waals surface area contributed by atoms with E-state index in [2.05, 4.69) is 13.8 Å². The van der Waals surface area contributed by atoms with Gasteiger partial charge in [-0.3, -0.25) is 0 Å². The van der Waals surface area contributed by atoms with Crippen LogP contribution in [0.25, 0.3) is 0 Å². The Bertz CT molecular complexity index is 83.6. The van der Waals surface area contributed by atoms with Crippen LogP contribution in [0, 0.1) is 5.92 Å². The van der Waals surface area contributed by atoms with Crippen LogP contribution in [0.15, 0.2) is 0 Å². The molecule has 2 unspecified atom stereocenters. The van der Waals surface area contributed by atoms with Crippen LogP contribution < -0.4 is 0 Å². The number of aliphatic hydroxyl groups is 1. The molecule has 0 aliphatic carbocycles. The van der Waals surface area contributed by atoms with Crippen LogP contribution in [-0.4, -0.2) is 24.9 Å². The molecule has 2 atom stereocenters. The fourth-order valence-corrected chi connectivity index (χ4v) is 1.09. The lowest BCUT2D eigenvalue weighted by Gasteiger charge is -2.17. The molecule has 1 N–H and O–H groups in total. The van der Waals surface area contributed by atoms with E-state index in [0.29, 0.717) is 5.92 Å². The topological polar surface area (TPSA) is 29.5 Å². The summed E-state index contributed by atoms with van der Waals surface area (Å²) in [6, 6.07) is 0. The number of ether oxygens (including phenoxy) is 1. The average molecular weight is 160 g/mol. The Kier molecular flexibility index (Phi) is 6.57. The lowest BCUT2D eigenvalue weighted by Crippen LogP contribution is -2.15. The lowest BCUT2D eigenvalue weighted by molar-refractivity contribution is 0.0596. The van der Waals surface area contributed by atoms with Crippen LogP contribution in [0.2, 0.25) is 0 Å². The predicted molar refractivity (Wildman–Crippen MR) is 46.6 cm³/mol. The summed E-state index contributed by atoms with van der Waals surface area (Å²) in [5.41, 5.74) is 0. The molecule has 0 spiro atoms. The van der Waals surface area contributed by atoms with E-state index >= 15 is 0 Å². The van der Waals surface area contributed by atoms with Gasteiger partial charge in [0.05, 0.1) is 6.10 Å². The second-order valence-electron chi connectivity index (χ2n) is 3.12. The van der Waals surface area contributed by atoms with Crippen LogP contribution in [0.3, 0.4) is 0 Å². The molecule has 2 heteroatoms. The van der Waals surface area contributed by atoms with Gasteiger partial charge in [0.1, 0.15) is 0 Å². The molecule has 0 aromatic carbocycles. The van der Waals surface area contributed by atoms with Gasteiger partial charge in [-0.1, -0.05) is 20.3 Å². The van der Waals surface area contributed by atoms with Crippen molar-refractivity contribution >= 4 is 0 Å². The number of methoxy groups -OCH3 is 1. The molecule has 0 bridgehead atoms. The number of rotatable bonds is 6. The highest BCUT2D eigenvalue weighted by Crippen LogP contribution is 2.13. The molecule has 0 aliphatic rings. The molecule has 0 saturated heterocycles. The van der Waals surface area contributed by atoms with E-state index in [-0.39, 0.29) is 12.7 Å². The average Bonchev–Trinajstić information content (AvgIpc) is 2.03. The summed E-state index contributed by atoms with van der Waals surface area (Å²) < 4.78 is 5.20. The number of hydrogen-bond acceptors (Lipinski definition) is 2. The molecule has 11 heavy (non-hydrogen) atoms. The molecule has 2 nitrogen and oxygen atoms in total. The van der Waals surface area contributed by atoms with Crippen LogP contribution >= 0.6 is 0 Å². The second kappa shape index (κ2) is 6.62. The first-order chi connectivity index (χ1) is 5.24. The highest BCUT2D eigenvalue weighted by molar-refractivity contribution is 4.61. The summed E-state index contributed by atoms with van der Waals surface area (Å²) in [7, 11) is 1.71. The molecule has 0 rings (SSSR count). The Hall–Kier alpha value is -0.0800. The molecule has 0 saturated carbocycles. The van der Waals surface area contributed by atoms with Gasteiger partial charge in [0.2, 0.25) is 0 Å². The lowest BCUT2D eigenvalue weighted by atomic mass is 9.99. The van der Waals surface area contributed by atoms with Crippen LogP contribution in [0.1, 0.15) is 33.1 Å². The number of aliphatic hydroxyl groups excluding tert-OH is 1. The minimum absolute atomic E-state index is 0.231. The second-order valence-corrected chi connectivity index (χ2v) is 3.12. The third kappa shape index (κ3) is 5.22. The van der Waals surface area contributed by atoms with Gasteiger partial charge in [-0.2, -0.15) is 0 Å². The summed E-state index contributed by atoms with van der Waals surface area (Å²) >= 11 is 0. The fourth-order valence-electron chi connectivity index (χ4n) is 1.09. The van der Waals surface area contributed by atoms with Gasteiger partial charge in [0, 0.05) is 13.7 Å². The summed E-state index contributed by atoms with van der Waals surface area (Å²) in [4.78, 5) is 0. The Balaban J connectivity index is 3.49. The van der Waals surface area contributed by atoms with Crippen molar-refractivity contribution in [1.29, 1.82) is 0 Å². The van der Waals surface area contributed by atoms with E-state index in [1.165, 1.54) is 6.42 Å². The first-order valence-electron chi connectivity index (χ1n) is 4.38. The molecule has 0 aromatic rings. The monoisotopic (exact) mass is 160 g/mol. The molecule has 0 heterocycles. The van der Waals surface area contributed by atoms with Gasteiger partial charge in [0.15, 0.2) is 0 Å². The maximum absolute atomic E-state index is 8.67. The highest BCUT2D eigenvalue weighted by atomic mass is 16.5. The van der Waals surface area contributed by atoms with Crippen molar-refractivity contribution < 1.29 is 9.84 Å². The van der Waals surface area contributed by atoms with Crippen LogP contribution in [0.5, 0.6) is 0 Å². The minimum atomic E-state index is 0.231. The zero-order valence-corrected chi connectivity index (χ0v) is 7.84. The molecule has 0 amide bonds. The van der Waals surface area contributed by atoms with E-state index < -0.39 is 0 Å². The van der Waals surface area contributed by atoms with Crippen molar-refractivity contribution in [2.45, 2.75) is 39.2 Å². The summed E-state index contributed by atoms with van der Waals surface area (Å²) in [6.07, 6.45) is 3.26. The van der Waals surface area contributed by atoms with Crippen molar-refractivity contribution in [3.05, 3.63) is 0 Å². The van der Waals surface area contributed by atoms with Crippen molar-refractivity contribution in [2.75, 3.05) is 13.7 Å². The first kappa shape index (κ1) is 10.9. The van der Waals surface area contributed by atoms with Crippen LogP contribution in [-0.2, 0) is 4.74 Å². The molecule has 0 aromatic heterocycles. The Morgan fingerprint density at radius 2 is 2.09 bits per heavy atom. The maximum Gasteiger partial charge on any atom is 0.0595 e. The minimum Gasteiger partial charge on any atom is -0.396 e. The third-order valence-electron chi connectivity index (χ3n) is 2.15. The van der Waals surface area contributed by atoms with E-state index in [4.69, 9.17) is 9.84 Å². The highest BCUT2D eigenvalue weighted by Gasteiger charge is 2.09. The van der Waals surface area contributed by atoms with Crippen molar-refractivity contribution in [3.63, 3.8) is 0 Å². The van der Waals surface area contributed by atoms with Crippen LogP contribution in [0.4, 0.5) is 0 Å². The first-order valence-corrected chi connectivity index (χ1v) is 4.38. The molecular weight excluding hydrogens is 140 g/mol. The van der Waals surface area contributed by atoms with Gasteiger partial charge in [-0.15, -0.1) is 0 Å². The van der Waals surface area contributed by atoms with Crippen molar-refractivity contribution in [2.24, 2.45) is 5.92 Å². The predicted octanol–water partition coefficient (Wildman–Crippen LogP) is 1.82. The van der Waals surface area contributed by atoms with Crippen molar-refractivity contribution in [1.82, 2.24) is 0 Å². The van der Waals surface area contributed by atoms with Gasteiger partial charge in [-0.25, -0.2) is 0 Å². The van der Waals surface area contributed by atoms with Gasteiger partial charge in [-0.05, 0) is 18.8 Å². The van der Waals surface area contributed by atoms with E-state index in [1.807, 2.05) is 0 Å². The molecule has 0 fully saturated rings. The van der Waals surface area contributed by atoms with Gasteiger partial charge in [0.25, 0.3) is 0 Å². The van der Waals surface area contributed by atoms with E-state index in [1.54, 1.807) is 7.11 Å². The maximum atomic E-state index is 8.67. The molecule has 0 aliphatic heterocycles. The van der Waals surface area contributed by atoms with E-state index in [9.17, 15) is 0 Å². The smallest absolute Gasteiger partial charge is 0.0595 e. The third-order valence-corrected chi connectivity index (χ3v) is 2.15. The van der Waals surface area contributed by atoms with Crippen molar-refractivity contribution in [3.8, 4) is 0 Å². The molecular formula is C9H20O2. The Labute approximate surface area is 69.6 Å².